The van der Waals surface area contributed by atoms with Crippen molar-refractivity contribution in [3.63, 3.8) is 0 Å². The molecule has 0 spiro atoms. The molecule has 2 aromatic rings. The highest BCUT2D eigenvalue weighted by molar-refractivity contribution is 5.80. The molecular formula is C17H17NO3. The maximum absolute atomic E-state index is 11.6. The minimum Gasteiger partial charge on any atom is -0.493 e. The zero-order valence-corrected chi connectivity index (χ0v) is 11.8. The monoisotopic (exact) mass is 283 g/mol. The summed E-state index contributed by atoms with van der Waals surface area (Å²) in [6, 6.07) is 12.5. The van der Waals surface area contributed by atoms with Crippen molar-refractivity contribution < 1.29 is 14.6 Å². The quantitative estimate of drug-likeness (QED) is 0.905. The van der Waals surface area contributed by atoms with Gasteiger partial charge in [0.05, 0.1) is 6.61 Å². The SMILES string of the molecule is Cc1ccccc1NC(C(=O)O)c1ccc2c(c1)CCO2. The van der Waals surface area contributed by atoms with E-state index < -0.39 is 12.0 Å². The number of benzene rings is 2. The summed E-state index contributed by atoms with van der Waals surface area (Å²) in [5.41, 5.74) is 3.68. The second-order valence-corrected chi connectivity index (χ2v) is 5.20. The molecule has 2 N–H and O–H groups in total. The molecule has 21 heavy (non-hydrogen) atoms. The number of rotatable bonds is 4. The van der Waals surface area contributed by atoms with E-state index in [0.717, 1.165) is 34.5 Å². The van der Waals surface area contributed by atoms with Crippen molar-refractivity contribution >= 4 is 11.7 Å². The molecule has 108 valence electrons. The first-order chi connectivity index (χ1) is 10.1. The summed E-state index contributed by atoms with van der Waals surface area (Å²) in [4.78, 5) is 11.6. The fourth-order valence-electron chi connectivity index (χ4n) is 2.56. The van der Waals surface area contributed by atoms with Crippen molar-refractivity contribution in [2.45, 2.75) is 19.4 Å². The number of hydrogen-bond donors (Lipinski definition) is 2. The average Bonchev–Trinajstić information content (AvgIpc) is 2.93. The summed E-state index contributed by atoms with van der Waals surface area (Å²) in [5.74, 6) is -0.0316. The molecule has 0 bridgehead atoms. The Balaban J connectivity index is 1.92. The molecule has 3 rings (SSSR count). The molecule has 0 aliphatic carbocycles. The zero-order valence-electron chi connectivity index (χ0n) is 11.8. The molecule has 1 aliphatic rings. The van der Waals surface area contributed by atoms with Crippen LogP contribution in [0.2, 0.25) is 0 Å². The van der Waals surface area contributed by atoms with Crippen LogP contribution in [0.4, 0.5) is 5.69 Å². The normalized spacial score (nSPS) is 14.1. The van der Waals surface area contributed by atoms with E-state index in [-0.39, 0.29) is 0 Å². The van der Waals surface area contributed by atoms with Gasteiger partial charge in [-0.15, -0.1) is 0 Å². The third-order valence-electron chi connectivity index (χ3n) is 3.74. The lowest BCUT2D eigenvalue weighted by atomic mass is 10.0. The van der Waals surface area contributed by atoms with Gasteiger partial charge in [-0.1, -0.05) is 24.3 Å². The Hall–Kier alpha value is -2.49. The Kier molecular flexibility index (Phi) is 3.52. The largest absolute Gasteiger partial charge is 0.493 e. The van der Waals surface area contributed by atoms with Gasteiger partial charge in [-0.2, -0.15) is 0 Å². The van der Waals surface area contributed by atoms with Crippen LogP contribution in [-0.4, -0.2) is 17.7 Å². The lowest BCUT2D eigenvalue weighted by Crippen LogP contribution is -2.21. The van der Waals surface area contributed by atoms with Crippen molar-refractivity contribution in [3.8, 4) is 5.75 Å². The molecule has 4 heteroatoms. The number of ether oxygens (including phenoxy) is 1. The minimum atomic E-state index is -0.892. The molecule has 0 fully saturated rings. The van der Waals surface area contributed by atoms with Crippen LogP contribution >= 0.6 is 0 Å². The van der Waals surface area contributed by atoms with Crippen LogP contribution in [0.25, 0.3) is 0 Å². The van der Waals surface area contributed by atoms with Crippen molar-refractivity contribution in [1.82, 2.24) is 0 Å². The van der Waals surface area contributed by atoms with E-state index in [4.69, 9.17) is 4.74 Å². The summed E-state index contributed by atoms with van der Waals surface area (Å²) >= 11 is 0. The van der Waals surface area contributed by atoms with E-state index in [1.54, 1.807) is 0 Å². The highest BCUT2D eigenvalue weighted by Crippen LogP contribution is 2.30. The third kappa shape index (κ3) is 2.70. The number of hydrogen-bond acceptors (Lipinski definition) is 3. The molecule has 0 saturated carbocycles. The topological polar surface area (TPSA) is 58.6 Å². The number of para-hydroxylation sites is 1. The van der Waals surface area contributed by atoms with Crippen LogP contribution in [0.1, 0.15) is 22.7 Å². The average molecular weight is 283 g/mol. The van der Waals surface area contributed by atoms with Gasteiger partial charge in [0.25, 0.3) is 0 Å². The fourth-order valence-corrected chi connectivity index (χ4v) is 2.56. The Morgan fingerprint density at radius 2 is 2.10 bits per heavy atom. The molecular weight excluding hydrogens is 266 g/mol. The van der Waals surface area contributed by atoms with E-state index in [1.165, 1.54) is 0 Å². The van der Waals surface area contributed by atoms with Crippen LogP contribution < -0.4 is 10.1 Å². The first-order valence-electron chi connectivity index (χ1n) is 6.96. The van der Waals surface area contributed by atoms with Crippen LogP contribution in [0, 0.1) is 6.92 Å². The Morgan fingerprint density at radius 1 is 1.29 bits per heavy atom. The molecule has 1 aliphatic heterocycles. The van der Waals surface area contributed by atoms with E-state index in [2.05, 4.69) is 5.32 Å². The van der Waals surface area contributed by atoms with Gasteiger partial charge < -0.3 is 15.2 Å². The zero-order chi connectivity index (χ0) is 14.8. The summed E-state index contributed by atoms with van der Waals surface area (Å²) in [6.07, 6.45) is 0.833. The Morgan fingerprint density at radius 3 is 2.86 bits per heavy atom. The van der Waals surface area contributed by atoms with E-state index >= 15 is 0 Å². The second kappa shape index (κ2) is 5.48. The molecule has 4 nitrogen and oxygen atoms in total. The number of carbonyl (C=O) groups is 1. The summed E-state index contributed by atoms with van der Waals surface area (Å²) in [6.45, 7) is 2.62. The molecule has 0 radical (unpaired) electrons. The lowest BCUT2D eigenvalue weighted by molar-refractivity contribution is -0.138. The number of nitrogens with one attached hydrogen (secondary N) is 1. The predicted octanol–water partition coefficient (Wildman–Crippen LogP) is 3.17. The number of fused-ring (bicyclic) bond motifs is 1. The van der Waals surface area contributed by atoms with Crippen LogP contribution in [-0.2, 0) is 11.2 Å². The van der Waals surface area contributed by atoms with Gasteiger partial charge in [0.15, 0.2) is 6.04 Å². The van der Waals surface area contributed by atoms with Gasteiger partial charge >= 0.3 is 5.97 Å². The number of aryl methyl sites for hydroxylation is 1. The highest BCUT2D eigenvalue weighted by Gasteiger charge is 2.22. The molecule has 2 aromatic carbocycles. The number of aliphatic carboxylic acids is 1. The number of carboxylic acids is 1. The van der Waals surface area contributed by atoms with Crippen molar-refractivity contribution in [1.29, 1.82) is 0 Å². The first-order valence-corrected chi connectivity index (χ1v) is 6.96. The third-order valence-corrected chi connectivity index (χ3v) is 3.74. The molecule has 0 amide bonds. The molecule has 0 saturated heterocycles. The van der Waals surface area contributed by atoms with Crippen molar-refractivity contribution in [2.75, 3.05) is 11.9 Å². The van der Waals surface area contributed by atoms with Crippen molar-refractivity contribution in [3.05, 3.63) is 59.2 Å². The maximum atomic E-state index is 11.6. The minimum absolute atomic E-state index is 0.668. The smallest absolute Gasteiger partial charge is 0.330 e. The van der Waals surface area contributed by atoms with Gasteiger partial charge in [0, 0.05) is 12.1 Å². The summed E-state index contributed by atoms with van der Waals surface area (Å²) < 4.78 is 5.46. The van der Waals surface area contributed by atoms with E-state index in [0.29, 0.717) is 6.61 Å². The molecule has 1 heterocycles. The Bertz CT molecular complexity index is 681. The molecule has 1 unspecified atom stereocenters. The molecule has 0 aromatic heterocycles. The lowest BCUT2D eigenvalue weighted by Gasteiger charge is -2.18. The van der Waals surface area contributed by atoms with Gasteiger partial charge in [-0.05, 0) is 41.8 Å². The highest BCUT2D eigenvalue weighted by atomic mass is 16.5. The molecule has 1 atom stereocenters. The number of anilines is 1. The standard InChI is InChI=1S/C17H17NO3/c1-11-4-2-3-5-14(11)18-16(17(19)20)13-6-7-15-12(10-13)8-9-21-15/h2-7,10,16,18H,8-9H2,1H3,(H,19,20). The van der Waals surface area contributed by atoms with Gasteiger partial charge in [0.1, 0.15) is 5.75 Å². The second-order valence-electron chi connectivity index (χ2n) is 5.20. The number of carboxylic acid groups (broad SMARTS) is 1. The van der Waals surface area contributed by atoms with Crippen LogP contribution in [0.15, 0.2) is 42.5 Å². The van der Waals surface area contributed by atoms with Crippen LogP contribution in [0.3, 0.4) is 0 Å². The maximum Gasteiger partial charge on any atom is 0.330 e. The predicted molar refractivity (Wildman–Crippen MR) is 80.8 cm³/mol. The van der Waals surface area contributed by atoms with Gasteiger partial charge in [0.2, 0.25) is 0 Å². The summed E-state index contributed by atoms with van der Waals surface area (Å²) in [7, 11) is 0. The first kappa shape index (κ1) is 13.5. The van der Waals surface area contributed by atoms with Crippen molar-refractivity contribution in [2.24, 2.45) is 0 Å². The van der Waals surface area contributed by atoms with Crippen LogP contribution in [0.5, 0.6) is 5.75 Å². The van der Waals surface area contributed by atoms with E-state index in [9.17, 15) is 9.90 Å². The van der Waals surface area contributed by atoms with Gasteiger partial charge in [-0.25, -0.2) is 4.79 Å². The summed E-state index contributed by atoms with van der Waals surface area (Å²) in [5, 5.41) is 12.6. The van der Waals surface area contributed by atoms with E-state index in [1.807, 2.05) is 49.4 Å². The van der Waals surface area contributed by atoms with Gasteiger partial charge in [-0.3, -0.25) is 0 Å². The fraction of sp³-hybridized carbons (Fsp3) is 0.235. The Labute approximate surface area is 123 Å².